The van der Waals surface area contributed by atoms with Crippen LogP contribution in [0.3, 0.4) is 0 Å². The van der Waals surface area contributed by atoms with Gasteiger partial charge in [0, 0.05) is 34.6 Å². The van der Waals surface area contributed by atoms with Crippen LogP contribution in [0.15, 0.2) is 12.3 Å². The van der Waals surface area contributed by atoms with E-state index in [9.17, 15) is 8.96 Å². The first-order valence-electron chi connectivity index (χ1n) is 7.99. The van der Waals surface area contributed by atoms with Crippen molar-refractivity contribution < 1.29 is 41.5 Å². The van der Waals surface area contributed by atoms with E-state index < -0.39 is 26.2 Å². The van der Waals surface area contributed by atoms with Gasteiger partial charge < -0.3 is 32.5 Å². The molecule has 12 heteroatoms. The predicted octanol–water partition coefficient (Wildman–Crippen LogP) is 3.14. The zero-order valence-electron chi connectivity index (χ0n) is 15.3. The minimum Gasteiger partial charge on any atom is -0.383 e. The first-order valence-corrected chi connectivity index (χ1v) is 9.45. The van der Waals surface area contributed by atoms with Crippen LogP contribution in [0.25, 0.3) is 11.3 Å². The normalized spacial score (nSPS) is 19.1. The van der Waals surface area contributed by atoms with Gasteiger partial charge in [-0.1, -0.05) is 0 Å². The van der Waals surface area contributed by atoms with E-state index in [0.717, 1.165) is 0 Å². The predicted molar refractivity (Wildman–Crippen MR) is 90.4 cm³/mol. The Morgan fingerprint density at radius 3 is 2.14 bits per heavy atom. The van der Waals surface area contributed by atoms with Crippen LogP contribution < -0.4 is 13.6 Å². The average Bonchev–Trinajstić information content (AvgIpc) is 2.98. The molecule has 0 spiro atoms. The molecule has 0 fully saturated rings. The number of halogens is 1. The lowest BCUT2D eigenvalue weighted by Crippen LogP contribution is -2.13. The van der Waals surface area contributed by atoms with E-state index >= 15 is 0 Å². The molecule has 0 N–H and O–H groups in total. The fourth-order valence-corrected chi connectivity index (χ4v) is 4.30. The number of phosphoric acid groups is 1. The molecule has 0 radical (unpaired) electrons. The fourth-order valence-electron chi connectivity index (χ4n) is 2.99. The van der Waals surface area contributed by atoms with E-state index in [1.165, 1.54) is 34.6 Å². The van der Waals surface area contributed by atoms with Gasteiger partial charge in [-0.05, 0) is 6.07 Å². The van der Waals surface area contributed by atoms with Crippen molar-refractivity contribution in [2.24, 2.45) is 0 Å². The molecule has 4 rings (SSSR count). The van der Waals surface area contributed by atoms with Crippen LogP contribution in [0.1, 0.15) is 24.0 Å². The number of ether oxygens (including phenoxy) is 4. The van der Waals surface area contributed by atoms with Crippen molar-refractivity contribution >= 4 is 7.82 Å². The monoisotopic (exact) mass is 414 g/mol. The summed E-state index contributed by atoms with van der Waals surface area (Å²) in [6.45, 7) is 0. The highest BCUT2D eigenvalue weighted by atomic mass is 31.2. The highest BCUT2D eigenvalue weighted by molar-refractivity contribution is 7.50. The molecule has 1 unspecified atom stereocenters. The van der Waals surface area contributed by atoms with E-state index in [1.807, 2.05) is 0 Å². The summed E-state index contributed by atoms with van der Waals surface area (Å²) in [7, 11) is 1.25. The molecular formula is C16H16FN2O8P. The third-order valence-electron chi connectivity index (χ3n) is 4.18. The van der Waals surface area contributed by atoms with Crippen LogP contribution in [0.5, 0.6) is 17.2 Å². The van der Waals surface area contributed by atoms with Gasteiger partial charge in [0.15, 0.2) is 11.6 Å². The Balaban J connectivity index is 2.01. The van der Waals surface area contributed by atoms with Crippen LogP contribution >= 0.6 is 7.82 Å². The highest BCUT2D eigenvalue weighted by Crippen LogP contribution is 2.66. The quantitative estimate of drug-likeness (QED) is 0.517. The molecule has 28 heavy (non-hydrogen) atoms. The van der Waals surface area contributed by atoms with Crippen molar-refractivity contribution in [1.82, 2.24) is 9.97 Å². The molecule has 2 aromatic rings. The summed E-state index contributed by atoms with van der Waals surface area (Å²) in [4.78, 5) is 8.47. The van der Waals surface area contributed by atoms with Crippen molar-refractivity contribution in [3.8, 4) is 28.5 Å². The number of fused-ring (bicyclic) bond motifs is 3. The van der Waals surface area contributed by atoms with Crippen molar-refractivity contribution in [3.63, 3.8) is 0 Å². The average molecular weight is 414 g/mol. The summed E-state index contributed by atoms with van der Waals surface area (Å²) in [6, 6.07) is 1.55. The maximum atomic E-state index is 14.9. The minimum atomic E-state index is -4.23. The molecule has 0 aromatic carbocycles. The Kier molecular flexibility index (Phi) is 4.72. The summed E-state index contributed by atoms with van der Waals surface area (Å²) < 4.78 is 64.6. The van der Waals surface area contributed by atoms with Gasteiger partial charge in [-0.25, -0.2) is 9.37 Å². The lowest BCUT2D eigenvalue weighted by molar-refractivity contribution is -0.110. The van der Waals surface area contributed by atoms with E-state index in [-0.39, 0.29) is 34.3 Å². The van der Waals surface area contributed by atoms with Gasteiger partial charge in [-0.15, -0.1) is 0 Å². The molecule has 0 saturated carbocycles. The van der Waals surface area contributed by atoms with Gasteiger partial charge in [0.2, 0.25) is 24.1 Å². The van der Waals surface area contributed by atoms with Crippen LogP contribution in [0, 0.1) is 5.82 Å². The Labute approximate surface area is 159 Å². The summed E-state index contributed by atoms with van der Waals surface area (Å²) in [5.74, 6) is -1.42. The van der Waals surface area contributed by atoms with Gasteiger partial charge in [0.25, 0.3) is 0 Å². The van der Waals surface area contributed by atoms with Crippen molar-refractivity contribution in [2.75, 3.05) is 28.4 Å². The molecule has 150 valence electrons. The topological polar surface area (TPSA) is 107 Å². The van der Waals surface area contributed by atoms with Gasteiger partial charge >= 0.3 is 7.82 Å². The van der Waals surface area contributed by atoms with E-state index in [0.29, 0.717) is 5.56 Å². The van der Waals surface area contributed by atoms with E-state index in [2.05, 4.69) is 9.97 Å². The SMILES string of the molecule is COC(OC)c1nc2c3c(c1F)OP(=O)(Oc1c-2ccnc1C(OC)OC)O3. The van der Waals surface area contributed by atoms with Gasteiger partial charge in [0.05, 0.1) is 5.56 Å². The second-order valence-electron chi connectivity index (χ2n) is 5.72. The molecule has 0 aliphatic carbocycles. The summed E-state index contributed by atoms with van der Waals surface area (Å²) in [5.41, 5.74) is 0.463. The van der Waals surface area contributed by atoms with Gasteiger partial charge in [0.1, 0.15) is 17.1 Å². The molecule has 2 aromatic heterocycles. The largest absolute Gasteiger partial charge is 0.647 e. The number of aromatic nitrogens is 2. The number of nitrogens with zero attached hydrogens (tertiary/aromatic N) is 2. The number of hydrogen-bond acceptors (Lipinski definition) is 10. The highest BCUT2D eigenvalue weighted by Gasteiger charge is 2.50. The van der Waals surface area contributed by atoms with Crippen LogP contribution in [-0.2, 0) is 23.5 Å². The molecule has 0 amide bonds. The van der Waals surface area contributed by atoms with Crippen LogP contribution in [0.4, 0.5) is 4.39 Å². The van der Waals surface area contributed by atoms with Crippen molar-refractivity contribution in [3.05, 3.63) is 29.5 Å². The standard InChI is InChI=1S/C16H16FN2O8P/c1-21-15(22-2)10-8(17)13-14-9(19-10)7-5-6-18-11(16(23-3)24-4)12(7)25-28(20,26-13)27-14/h5-6,15-16H,1-4H3. The summed E-state index contributed by atoms with van der Waals surface area (Å²) >= 11 is 0. The van der Waals surface area contributed by atoms with E-state index in [4.69, 9.17) is 32.5 Å². The number of pyridine rings is 2. The summed E-state index contributed by atoms with van der Waals surface area (Å²) in [6.07, 6.45) is -0.586. The zero-order valence-corrected chi connectivity index (χ0v) is 16.2. The third-order valence-corrected chi connectivity index (χ3v) is 5.40. The number of hydrogen-bond donors (Lipinski definition) is 0. The molecular weight excluding hydrogens is 398 g/mol. The first-order chi connectivity index (χ1) is 13.5. The molecule has 2 aliphatic heterocycles. The summed E-state index contributed by atoms with van der Waals surface area (Å²) in [5, 5.41) is 0. The first kappa shape index (κ1) is 19.0. The fraction of sp³-hybridized carbons (Fsp3) is 0.375. The second kappa shape index (κ2) is 6.94. The van der Waals surface area contributed by atoms with Gasteiger partial charge in [-0.3, -0.25) is 4.98 Å². The maximum Gasteiger partial charge on any atom is 0.647 e. The lowest BCUT2D eigenvalue weighted by Gasteiger charge is -2.20. The second-order valence-corrected chi connectivity index (χ2v) is 7.16. The molecule has 0 saturated heterocycles. The Morgan fingerprint density at radius 1 is 0.929 bits per heavy atom. The van der Waals surface area contributed by atoms with Crippen molar-refractivity contribution in [2.45, 2.75) is 12.6 Å². The van der Waals surface area contributed by atoms with Crippen molar-refractivity contribution in [1.29, 1.82) is 0 Å². The number of phosphoric ester groups is 1. The lowest BCUT2D eigenvalue weighted by atomic mass is 10.1. The molecule has 1 atom stereocenters. The third kappa shape index (κ3) is 2.75. The molecule has 2 bridgehead atoms. The molecule has 2 aliphatic rings. The minimum absolute atomic E-state index is 0.0281. The maximum absolute atomic E-state index is 14.9. The molecule has 10 nitrogen and oxygen atoms in total. The molecule has 4 heterocycles. The Morgan fingerprint density at radius 2 is 1.50 bits per heavy atom. The Bertz CT molecular complexity index is 980. The number of rotatable bonds is 6. The van der Waals surface area contributed by atoms with Gasteiger partial charge in [-0.2, -0.15) is 4.57 Å². The van der Waals surface area contributed by atoms with E-state index in [1.54, 1.807) is 6.07 Å². The van der Waals surface area contributed by atoms with Crippen LogP contribution in [-0.4, -0.2) is 38.4 Å². The smallest absolute Gasteiger partial charge is 0.383 e. The number of methoxy groups -OCH3 is 4. The Hall–Kier alpha value is -2.30. The zero-order chi connectivity index (χ0) is 20.1. The van der Waals surface area contributed by atoms with Crippen LogP contribution in [0.2, 0.25) is 0 Å².